The predicted octanol–water partition coefficient (Wildman–Crippen LogP) is 0.485. The van der Waals surface area contributed by atoms with Gasteiger partial charge in [0.25, 0.3) is 0 Å². The lowest BCUT2D eigenvalue weighted by Gasteiger charge is -2.37. The molecule has 0 rings (SSSR count). The molecule has 0 saturated carbocycles. The van der Waals surface area contributed by atoms with Gasteiger partial charge < -0.3 is 20.5 Å². The number of rotatable bonds is 6. The largest absolute Gasteiger partial charge is 0.354 e. The average molecular weight is 232 g/mol. The molecule has 0 unspecified atom stereocenters. The maximum Gasteiger partial charge on any atom is 0.227 e. The van der Waals surface area contributed by atoms with Gasteiger partial charge in [-0.2, -0.15) is 0 Å². The van der Waals surface area contributed by atoms with Crippen LogP contribution in [0.1, 0.15) is 27.7 Å². The lowest BCUT2D eigenvalue weighted by atomic mass is 9.74. The van der Waals surface area contributed by atoms with Crippen molar-refractivity contribution in [3.05, 3.63) is 0 Å². The van der Waals surface area contributed by atoms with Crippen LogP contribution in [0.15, 0.2) is 0 Å². The Kier molecular flexibility index (Phi) is 5.38. The standard InChI is InChI=1S/C11H24N2O3/c1-10(2,11(3,4)12)9(14)13-7-8(15-5)16-6/h8H,7,12H2,1-6H3,(H,13,14). The van der Waals surface area contributed by atoms with Crippen LogP contribution in [0.4, 0.5) is 0 Å². The molecule has 0 radical (unpaired) electrons. The number of nitrogens with one attached hydrogen (secondary N) is 1. The first-order valence-corrected chi connectivity index (χ1v) is 5.29. The molecule has 0 bridgehead atoms. The van der Waals surface area contributed by atoms with Crippen LogP contribution in [0.3, 0.4) is 0 Å². The van der Waals surface area contributed by atoms with Crippen LogP contribution in [0.5, 0.6) is 0 Å². The third-order valence-electron chi connectivity index (χ3n) is 3.13. The van der Waals surface area contributed by atoms with E-state index >= 15 is 0 Å². The first-order valence-electron chi connectivity index (χ1n) is 5.29. The van der Waals surface area contributed by atoms with Crippen LogP contribution in [0, 0.1) is 5.41 Å². The Morgan fingerprint density at radius 3 is 2.00 bits per heavy atom. The Morgan fingerprint density at radius 2 is 1.69 bits per heavy atom. The monoisotopic (exact) mass is 232 g/mol. The van der Waals surface area contributed by atoms with Crippen molar-refractivity contribution in [1.29, 1.82) is 0 Å². The lowest BCUT2D eigenvalue weighted by Crippen LogP contribution is -2.56. The van der Waals surface area contributed by atoms with Gasteiger partial charge in [-0.1, -0.05) is 0 Å². The molecular formula is C11H24N2O3. The Bertz CT molecular complexity index is 230. The van der Waals surface area contributed by atoms with Crippen molar-refractivity contribution in [1.82, 2.24) is 5.32 Å². The summed E-state index contributed by atoms with van der Waals surface area (Å²) in [6.07, 6.45) is -0.430. The van der Waals surface area contributed by atoms with Crippen molar-refractivity contribution in [2.45, 2.75) is 39.5 Å². The van der Waals surface area contributed by atoms with Crippen LogP contribution in [0.2, 0.25) is 0 Å². The number of hydrogen-bond donors (Lipinski definition) is 2. The summed E-state index contributed by atoms with van der Waals surface area (Å²) in [7, 11) is 3.05. The maximum absolute atomic E-state index is 11.9. The van der Waals surface area contributed by atoms with Crippen LogP contribution in [-0.2, 0) is 14.3 Å². The van der Waals surface area contributed by atoms with E-state index in [-0.39, 0.29) is 5.91 Å². The molecule has 0 aliphatic rings. The van der Waals surface area contributed by atoms with Gasteiger partial charge in [0.05, 0.1) is 12.0 Å². The van der Waals surface area contributed by atoms with Gasteiger partial charge in [0, 0.05) is 19.8 Å². The first kappa shape index (κ1) is 15.3. The van der Waals surface area contributed by atoms with Crippen molar-refractivity contribution >= 4 is 5.91 Å². The molecule has 1 amide bonds. The summed E-state index contributed by atoms with van der Waals surface area (Å²) in [6.45, 7) is 7.60. The second-order valence-electron chi connectivity index (χ2n) is 4.96. The Morgan fingerprint density at radius 1 is 1.25 bits per heavy atom. The van der Waals surface area contributed by atoms with Gasteiger partial charge in [-0.25, -0.2) is 0 Å². The zero-order chi connectivity index (χ0) is 13.0. The van der Waals surface area contributed by atoms with Crippen molar-refractivity contribution in [2.24, 2.45) is 11.1 Å². The van der Waals surface area contributed by atoms with E-state index in [1.165, 1.54) is 14.2 Å². The molecular weight excluding hydrogens is 208 g/mol. The van der Waals surface area contributed by atoms with E-state index in [1.54, 1.807) is 0 Å². The Hall–Kier alpha value is -0.650. The van der Waals surface area contributed by atoms with Gasteiger partial charge in [0.15, 0.2) is 6.29 Å². The van der Waals surface area contributed by atoms with E-state index in [0.717, 1.165) is 0 Å². The zero-order valence-corrected chi connectivity index (χ0v) is 11.1. The van der Waals surface area contributed by atoms with Crippen molar-refractivity contribution < 1.29 is 14.3 Å². The van der Waals surface area contributed by atoms with Gasteiger partial charge in [-0.15, -0.1) is 0 Å². The van der Waals surface area contributed by atoms with E-state index in [4.69, 9.17) is 15.2 Å². The second kappa shape index (κ2) is 5.61. The summed E-state index contributed by atoms with van der Waals surface area (Å²) in [4.78, 5) is 11.9. The molecule has 0 spiro atoms. The highest BCUT2D eigenvalue weighted by atomic mass is 16.7. The van der Waals surface area contributed by atoms with Gasteiger partial charge in [-0.05, 0) is 27.7 Å². The van der Waals surface area contributed by atoms with Crippen LogP contribution < -0.4 is 11.1 Å². The minimum absolute atomic E-state index is 0.112. The minimum atomic E-state index is -0.654. The first-order chi connectivity index (χ1) is 7.16. The highest BCUT2D eigenvalue weighted by Gasteiger charge is 2.40. The summed E-state index contributed by atoms with van der Waals surface area (Å²) in [5.41, 5.74) is 4.72. The molecule has 3 N–H and O–H groups in total. The molecule has 0 aliphatic carbocycles. The Labute approximate surface area is 97.7 Å². The van der Waals surface area contributed by atoms with Gasteiger partial charge in [0.1, 0.15) is 0 Å². The lowest BCUT2D eigenvalue weighted by molar-refractivity contribution is -0.137. The fourth-order valence-corrected chi connectivity index (χ4v) is 0.953. The predicted molar refractivity (Wildman–Crippen MR) is 62.9 cm³/mol. The Balaban J connectivity index is 4.37. The fourth-order valence-electron chi connectivity index (χ4n) is 0.953. The number of ether oxygens (including phenoxy) is 2. The van der Waals surface area contributed by atoms with E-state index in [1.807, 2.05) is 27.7 Å². The molecule has 0 fully saturated rings. The quantitative estimate of drug-likeness (QED) is 0.653. The molecule has 0 aromatic rings. The zero-order valence-electron chi connectivity index (χ0n) is 11.1. The van der Waals surface area contributed by atoms with Crippen molar-refractivity contribution in [2.75, 3.05) is 20.8 Å². The van der Waals surface area contributed by atoms with E-state index in [2.05, 4.69) is 5.32 Å². The number of hydrogen-bond acceptors (Lipinski definition) is 4. The third-order valence-corrected chi connectivity index (χ3v) is 3.13. The highest BCUT2D eigenvalue weighted by molar-refractivity contribution is 5.83. The van der Waals surface area contributed by atoms with Crippen LogP contribution in [0.25, 0.3) is 0 Å². The molecule has 5 nitrogen and oxygen atoms in total. The average Bonchev–Trinajstić information content (AvgIpc) is 2.17. The van der Waals surface area contributed by atoms with E-state index in [9.17, 15) is 4.79 Å². The summed E-state index contributed by atoms with van der Waals surface area (Å²) < 4.78 is 9.96. The number of carbonyl (C=O) groups is 1. The number of carbonyl (C=O) groups excluding carboxylic acids is 1. The van der Waals surface area contributed by atoms with Gasteiger partial charge in [-0.3, -0.25) is 4.79 Å². The van der Waals surface area contributed by atoms with Gasteiger partial charge in [0.2, 0.25) is 5.91 Å². The van der Waals surface area contributed by atoms with E-state index in [0.29, 0.717) is 6.54 Å². The number of amides is 1. The summed E-state index contributed by atoms with van der Waals surface area (Å²) in [5.74, 6) is -0.112. The SMILES string of the molecule is COC(CNC(=O)C(C)(C)C(C)(C)N)OC. The van der Waals surface area contributed by atoms with Gasteiger partial charge >= 0.3 is 0 Å². The number of methoxy groups -OCH3 is 2. The van der Waals surface area contributed by atoms with Crippen molar-refractivity contribution in [3.8, 4) is 0 Å². The maximum atomic E-state index is 11.9. The third kappa shape index (κ3) is 3.73. The van der Waals surface area contributed by atoms with E-state index < -0.39 is 17.2 Å². The molecule has 5 heteroatoms. The highest BCUT2D eigenvalue weighted by Crippen LogP contribution is 2.28. The summed E-state index contributed by atoms with van der Waals surface area (Å²) in [6, 6.07) is 0. The van der Waals surface area contributed by atoms with Crippen LogP contribution in [-0.4, -0.2) is 38.5 Å². The molecule has 0 aliphatic heterocycles. The normalized spacial score (nSPS) is 13.0. The molecule has 0 atom stereocenters. The molecule has 0 heterocycles. The minimum Gasteiger partial charge on any atom is -0.354 e. The smallest absolute Gasteiger partial charge is 0.227 e. The number of nitrogens with two attached hydrogens (primary N) is 1. The molecule has 0 saturated heterocycles. The van der Waals surface area contributed by atoms with Crippen molar-refractivity contribution in [3.63, 3.8) is 0 Å². The van der Waals surface area contributed by atoms with Crippen LogP contribution >= 0.6 is 0 Å². The molecule has 96 valence electrons. The topological polar surface area (TPSA) is 73.6 Å². The second-order valence-corrected chi connectivity index (χ2v) is 4.96. The summed E-state index contributed by atoms with van der Waals surface area (Å²) in [5, 5.41) is 2.76. The molecule has 0 aromatic carbocycles. The molecule has 16 heavy (non-hydrogen) atoms. The fraction of sp³-hybridized carbons (Fsp3) is 0.909. The molecule has 0 aromatic heterocycles. The summed E-state index contributed by atoms with van der Waals surface area (Å²) >= 11 is 0.